The monoisotopic (exact) mass is 330 g/mol. The van der Waals surface area contributed by atoms with E-state index in [1.165, 1.54) is 0 Å². The van der Waals surface area contributed by atoms with Gasteiger partial charge in [0.1, 0.15) is 0 Å². The summed E-state index contributed by atoms with van der Waals surface area (Å²) in [7, 11) is 0.351. The third kappa shape index (κ3) is 6.46. The van der Waals surface area contributed by atoms with Gasteiger partial charge in [-0.2, -0.15) is 0 Å². The molecule has 8 heteroatoms. The summed E-state index contributed by atoms with van der Waals surface area (Å²) in [5.74, 6) is 1.38. The zero-order chi connectivity index (χ0) is 17.1. The van der Waals surface area contributed by atoms with Gasteiger partial charge in [0, 0.05) is 0 Å². The summed E-state index contributed by atoms with van der Waals surface area (Å²) >= 11 is 0. The van der Waals surface area contributed by atoms with Crippen LogP contribution in [-0.4, -0.2) is 32.5 Å². The van der Waals surface area contributed by atoms with Crippen LogP contribution in [0.25, 0.3) is 0 Å². The molecule has 0 amide bonds. The number of hydrogen-bond donors (Lipinski definition) is 0. The molecule has 0 aliphatic heterocycles. The Morgan fingerprint density at radius 3 is 1.88 bits per heavy atom. The molecule has 0 N–H and O–H groups in total. The minimum atomic E-state index is 0. The molecule has 0 aliphatic rings. The minimum absolute atomic E-state index is 0. The summed E-state index contributed by atoms with van der Waals surface area (Å²) in [4.78, 5) is 4.46. The molecule has 0 aromatic carbocycles. The van der Waals surface area contributed by atoms with Crippen molar-refractivity contribution in [3.05, 3.63) is 5.69 Å². The second-order valence-electron chi connectivity index (χ2n) is 4.96. The van der Waals surface area contributed by atoms with Crippen LogP contribution in [0.4, 0.5) is 0 Å². The molecule has 0 spiro atoms. The van der Waals surface area contributed by atoms with Crippen LogP contribution >= 0.6 is 0 Å². The van der Waals surface area contributed by atoms with Crippen molar-refractivity contribution in [3.63, 3.8) is 0 Å². The van der Waals surface area contributed by atoms with Gasteiger partial charge in [-0.15, -0.1) is 0 Å². The van der Waals surface area contributed by atoms with Crippen LogP contribution in [0.2, 0.25) is 0 Å². The number of ether oxygens (including phenoxy) is 3. The molecule has 1 rings (SSSR count). The van der Waals surface area contributed by atoms with Gasteiger partial charge in [0.25, 0.3) is 5.88 Å². The molecule has 0 saturated carbocycles. The molecule has 0 saturated heterocycles. The Morgan fingerprint density at radius 1 is 0.833 bits per heavy atom. The molecule has 0 fully saturated rings. The van der Waals surface area contributed by atoms with E-state index in [-0.39, 0.29) is 30.5 Å². The molecule has 1 aromatic heterocycles. The van der Waals surface area contributed by atoms with Crippen molar-refractivity contribution in [2.24, 2.45) is 0 Å². The van der Waals surface area contributed by atoms with Gasteiger partial charge in [-0.25, -0.2) is 4.98 Å². The van der Waals surface area contributed by atoms with Crippen molar-refractivity contribution in [3.8, 4) is 23.1 Å². The van der Waals surface area contributed by atoms with Crippen molar-refractivity contribution in [2.45, 2.75) is 53.4 Å². The van der Waals surface area contributed by atoms with Gasteiger partial charge in [-0.05, 0) is 25.7 Å². The van der Waals surface area contributed by atoms with E-state index in [0.29, 0.717) is 45.4 Å². The smallest absolute Gasteiger partial charge is 0.850 e. The van der Waals surface area contributed by atoms with Crippen molar-refractivity contribution < 1.29 is 42.7 Å². The Kier molecular flexibility index (Phi) is 12.7. The Bertz CT molecular complexity index is 476. The van der Waals surface area contributed by atoms with Crippen LogP contribution < -0.4 is 42.7 Å². The average molecular weight is 330 g/mol. The Balaban J connectivity index is 0.00000529. The fourth-order valence-electron chi connectivity index (χ4n) is 1.93. The van der Waals surface area contributed by atoms with Crippen molar-refractivity contribution >= 4 is 7.69 Å². The van der Waals surface area contributed by atoms with Crippen LogP contribution in [0.3, 0.4) is 0 Å². The van der Waals surface area contributed by atoms with Gasteiger partial charge in [0.2, 0.25) is 19.2 Å². The number of pyridine rings is 1. The van der Waals surface area contributed by atoms with E-state index in [4.69, 9.17) is 18.9 Å². The molecule has 1 heterocycles. The molecule has 0 unspecified atom stereocenters. The zero-order valence-electron chi connectivity index (χ0n) is 15.5. The number of nitrogens with zero attached hydrogens (tertiary/aromatic N) is 1. The summed E-state index contributed by atoms with van der Waals surface area (Å²) in [6.45, 7) is 9.50. The molecule has 6 nitrogen and oxygen atoms in total. The predicted molar refractivity (Wildman–Crippen MR) is 87.4 cm³/mol. The SMILES string of the molecule is CCCOc1nc(CC)c(OCCC)c(OCCC)c1O[B][O-].[Li+]. The largest absolute Gasteiger partial charge is 1.00 e. The molecule has 0 atom stereocenters. The molecule has 1 aromatic rings. The number of aromatic nitrogens is 1. The maximum atomic E-state index is 10.9. The molecule has 129 valence electrons. The van der Waals surface area contributed by atoms with E-state index in [2.05, 4.69) is 4.98 Å². The van der Waals surface area contributed by atoms with Crippen LogP contribution in [0.5, 0.6) is 23.1 Å². The van der Waals surface area contributed by atoms with Crippen molar-refractivity contribution in [1.29, 1.82) is 0 Å². The molecule has 1 radical (unpaired) electrons. The molecule has 0 aliphatic carbocycles. The van der Waals surface area contributed by atoms with E-state index in [1.807, 2.05) is 27.7 Å². The van der Waals surface area contributed by atoms with Crippen LogP contribution in [-0.2, 0) is 6.42 Å². The first-order valence-electron chi connectivity index (χ1n) is 8.28. The number of rotatable bonds is 12. The van der Waals surface area contributed by atoms with Gasteiger partial charge in [0.05, 0.1) is 25.5 Å². The van der Waals surface area contributed by atoms with Gasteiger partial charge in [-0.1, -0.05) is 27.7 Å². The fourth-order valence-corrected chi connectivity index (χ4v) is 1.93. The van der Waals surface area contributed by atoms with Crippen LogP contribution in [0, 0.1) is 0 Å². The second kappa shape index (κ2) is 13.3. The quantitative estimate of drug-likeness (QED) is 0.472. The number of hydrogen-bond acceptors (Lipinski definition) is 6. The fraction of sp³-hybridized carbons (Fsp3) is 0.688. The topological polar surface area (TPSA) is 72.9 Å². The van der Waals surface area contributed by atoms with Gasteiger partial charge in [0.15, 0.2) is 5.75 Å². The maximum Gasteiger partial charge on any atom is 1.00 e. The van der Waals surface area contributed by atoms with E-state index in [0.717, 1.165) is 25.0 Å². The molecular formula is C16H26BLiNO5. The van der Waals surface area contributed by atoms with E-state index in [9.17, 15) is 5.02 Å². The normalized spacial score (nSPS) is 9.88. The molecule has 0 bridgehead atoms. The number of aryl methyl sites for hydroxylation is 1. The first-order valence-corrected chi connectivity index (χ1v) is 8.28. The van der Waals surface area contributed by atoms with Crippen LogP contribution in [0.15, 0.2) is 0 Å². The zero-order valence-corrected chi connectivity index (χ0v) is 15.5. The standard InChI is InChI=1S/C16H26BNO5.Li/c1-5-9-20-13-12(8-4)18-16(22-11-7-3)15(23-17-19)14(13)21-10-6-2;/h5-11H2,1-4H3;/q-1;+1. The van der Waals surface area contributed by atoms with Crippen LogP contribution in [0.1, 0.15) is 52.7 Å². The summed E-state index contributed by atoms with van der Waals surface area (Å²) in [5.41, 5.74) is 0.730. The minimum Gasteiger partial charge on any atom is -0.850 e. The Labute approximate surface area is 157 Å². The summed E-state index contributed by atoms with van der Waals surface area (Å²) in [5, 5.41) is 10.9. The van der Waals surface area contributed by atoms with Crippen molar-refractivity contribution in [1.82, 2.24) is 4.98 Å². The predicted octanol–water partition coefficient (Wildman–Crippen LogP) is -0.712. The Hall–Kier alpha value is -1.03. The Morgan fingerprint density at radius 2 is 1.38 bits per heavy atom. The first kappa shape index (κ1) is 23.0. The van der Waals surface area contributed by atoms with Gasteiger partial charge in [-0.3, -0.25) is 0 Å². The van der Waals surface area contributed by atoms with Gasteiger partial charge < -0.3 is 23.9 Å². The third-order valence-electron chi connectivity index (χ3n) is 2.95. The molecule has 24 heavy (non-hydrogen) atoms. The van der Waals surface area contributed by atoms with Crippen molar-refractivity contribution in [2.75, 3.05) is 19.8 Å². The van der Waals surface area contributed by atoms with Gasteiger partial charge >= 0.3 is 18.9 Å². The van der Waals surface area contributed by atoms with E-state index >= 15 is 0 Å². The third-order valence-corrected chi connectivity index (χ3v) is 2.95. The van der Waals surface area contributed by atoms with E-state index in [1.54, 1.807) is 0 Å². The maximum absolute atomic E-state index is 10.9. The van der Waals surface area contributed by atoms with E-state index < -0.39 is 0 Å². The summed E-state index contributed by atoms with van der Waals surface area (Å²) in [6.07, 6.45) is 3.16. The average Bonchev–Trinajstić information content (AvgIpc) is 2.57. The first-order chi connectivity index (χ1) is 11.2. The molecular weight excluding hydrogens is 304 g/mol. The summed E-state index contributed by atoms with van der Waals surface area (Å²) in [6, 6.07) is 0. The summed E-state index contributed by atoms with van der Waals surface area (Å²) < 4.78 is 22.4. The second-order valence-corrected chi connectivity index (χ2v) is 4.96.